The van der Waals surface area contributed by atoms with Gasteiger partial charge in [-0.25, -0.2) is 15.0 Å². The standard InChI is InChI=1S/C20H25N5O2S2/c1-12-18(16-4-7-21-13(2)23-16)29-19(22-12)15-5-8-24(9-6-15)20(27)17-10-28-11-25(17)14(3)26/h4,7,15,17H,5-6,8-11H2,1-3H3. The third-order valence-electron chi connectivity index (χ3n) is 5.55. The molecule has 0 spiro atoms. The lowest BCUT2D eigenvalue weighted by atomic mass is 9.97. The Balaban J connectivity index is 1.42. The minimum Gasteiger partial charge on any atom is -0.341 e. The van der Waals surface area contributed by atoms with Gasteiger partial charge in [-0.15, -0.1) is 23.1 Å². The molecule has 7 nitrogen and oxygen atoms in total. The molecule has 2 aromatic heterocycles. The minimum absolute atomic E-state index is 0.0195. The van der Waals surface area contributed by atoms with Crippen molar-refractivity contribution >= 4 is 34.9 Å². The van der Waals surface area contributed by atoms with Crippen LogP contribution in [0.1, 0.15) is 42.2 Å². The number of thioether (sulfide) groups is 1. The summed E-state index contributed by atoms with van der Waals surface area (Å²) in [6.07, 6.45) is 3.59. The molecule has 0 radical (unpaired) electrons. The van der Waals surface area contributed by atoms with Gasteiger partial charge >= 0.3 is 0 Å². The van der Waals surface area contributed by atoms with Crippen molar-refractivity contribution < 1.29 is 9.59 Å². The SMILES string of the molecule is CC(=O)N1CSCC1C(=O)N1CCC(c2nc(C)c(-c3ccnc(C)n3)s2)CC1. The zero-order chi connectivity index (χ0) is 20.5. The summed E-state index contributed by atoms with van der Waals surface area (Å²) in [6, 6.07) is 1.63. The Kier molecular flexibility index (Phi) is 5.87. The molecular formula is C20H25N5O2S2. The smallest absolute Gasteiger partial charge is 0.246 e. The van der Waals surface area contributed by atoms with Crippen LogP contribution in [0.25, 0.3) is 10.6 Å². The van der Waals surface area contributed by atoms with Crippen LogP contribution in [0.2, 0.25) is 0 Å². The molecule has 2 saturated heterocycles. The van der Waals surface area contributed by atoms with Crippen molar-refractivity contribution in [3.8, 4) is 10.6 Å². The number of carbonyl (C=O) groups excluding carboxylic acids is 2. The quantitative estimate of drug-likeness (QED) is 0.744. The second kappa shape index (κ2) is 8.39. The molecule has 0 saturated carbocycles. The van der Waals surface area contributed by atoms with E-state index in [2.05, 4.69) is 9.97 Å². The van der Waals surface area contributed by atoms with Crippen LogP contribution in [0.3, 0.4) is 0 Å². The monoisotopic (exact) mass is 431 g/mol. The number of nitrogens with zero attached hydrogens (tertiary/aromatic N) is 5. The Morgan fingerprint density at radius 3 is 2.62 bits per heavy atom. The van der Waals surface area contributed by atoms with Crippen molar-refractivity contribution in [2.24, 2.45) is 0 Å². The van der Waals surface area contributed by atoms with E-state index in [4.69, 9.17) is 4.98 Å². The molecule has 0 aliphatic carbocycles. The Labute approximate surface area is 178 Å². The lowest BCUT2D eigenvalue weighted by Gasteiger charge is -2.34. The zero-order valence-corrected chi connectivity index (χ0v) is 18.6. The number of likely N-dealkylation sites (tertiary alicyclic amines) is 1. The number of amides is 2. The highest BCUT2D eigenvalue weighted by molar-refractivity contribution is 7.99. The fraction of sp³-hybridized carbons (Fsp3) is 0.550. The number of piperidine rings is 1. The first-order valence-electron chi connectivity index (χ1n) is 9.85. The Bertz CT molecular complexity index is 923. The molecule has 4 heterocycles. The van der Waals surface area contributed by atoms with Gasteiger partial charge in [0.25, 0.3) is 0 Å². The van der Waals surface area contributed by atoms with Gasteiger partial charge in [0, 0.05) is 37.9 Å². The fourth-order valence-electron chi connectivity index (χ4n) is 3.93. The zero-order valence-electron chi connectivity index (χ0n) is 16.9. The van der Waals surface area contributed by atoms with E-state index in [0.717, 1.165) is 53.0 Å². The summed E-state index contributed by atoms with van der Waals surface area (Å²) in [5, 5.41) is 1.13. The van der Waals surface area contributed by atoms with Crippen LogP contribution >= 0.6 is 23.1 Å². The molecule has 2 aliphatic rings. The highest BCUT2D eigenvalue weighted by atomic mass is 32.2. The maximum absolute atomic E-state index is 12.9. The summed E-state index contributed by atoms with van der Waals surface area (Å²) in [4.78, 5) is 43.0. The van der Waals surface area contributed by atoms with E-state index in [0.29, 0.717) is 17.5 Å². The second-order valence-electron chi connectivity index (χ2n) is 7.56. The lowest BCUT2D eigenvalue weighted by molar-refractivity contribution is -0.143. The number of hydrogen-bond acceptors (Lipinski definition) is 7. The predicted molar refractivity (Wildman–Crippen MR) is 115 cm³/mol. The summed E-state index contributed by atoms with van der Waals surface area (Å²) in [7, 11) is 0. The summed E-state index contributed by atoms with van der Waals surface area (Å²) in [5.41, 5.74) is 1.93. The molecule has 2 fully saturated rings. The van der Waals surface area contributed by atoms with Gasteiger partial charge in [-0.1, -0.05) is 0 Å². The Morgan fingerprint density at radius 2 is 1.93 bits per heavy atom. The Morgan fingerprint density at radius 1 is 1.17 bits per heavy atom. The normalized spacial score (nSPS) is 20.3. The average molecular weight is 432 g/mol. The molecule has 154 valence electrons. The molecule has 2 aliphatic heterocycles. The highest BCUT2D eigenvalue weighted by Gasteiger charge is 2.37. The summed E-state index contributed by atoms with van der Waals surface area (Å²) < 4.78 is 0. The van der Waals surface area contributed by atoms with Gasteiger partial charge in [-0.2, -0.15) is 0 Å². The van der Waals surface area contributed by atoms with Crippen LogP contribution in [-0.4, -0.2) is 67.3 Å². The second-order valence-corrected chi connectivity index (χ2v) is 9.59. The Hall–Kier alpha value is -2.00. The molecule has 9 heteroatoms. The van der Waals surface area contributed by atoms with Gasteiger partial charge < -0.3 is 9.80 Å². The van der Waals surface area contributed by atoms with E-state index in [-0.39, 0.29) is 17.9 Å². The van der Waals surface area contributed by atoms with Crippen LogP contribution in [0, 0.1) is 13.8 Å². The fourth-order valence-corrected chi connectivity index (χ4v) is 6.34. The van der Waals surface area contributed by atoms with Crippen LogP contribution in [0.4, 0.5) is 0 Å². The lowest BCUT2D eigenvalue weighted by Crippen LogP contribution is -2.50. The largest absolute Gasteiger partial charge is 0.341 e. The molecule has 0 bridgehead atoms. The van der Waals surface area contributed by atoms with E-state index in [1.54, 1.807) is 41.1 Å². The first-order chi connectivity index (χ1) is 13.9. The number of aromatic nitrogens is 3. The maximum atomic E-state index is 12.9. The molecule has 0 N–H and O–H groups in total. The molecule has 1 atom stereocenters. The van der Waals surface area contributed by atoms with Crippen molar-refractivity contribution in [3.05, 3.63) is 28.8 Å². The van der Waals surface area contributed by atoms with Crippen molar-refractivity contribution in [2.75, 3.05) is 24.7 Å². The van der Waals surface area contributed by atoms with Gasteiger partial charge in [-0.3, -0.25) is 9.59 Å². The highest BCUT2D eigenvalue weighted by Crippen LogP contribution is 2.37. The van der Waals surface area contributed by atoms with Crippen LogP contribution < -0.4 is 0 Å². The molecule has 29 heavy (non-hydrogen) atoms. The predicted octanol–water partition coefficient (Wildman–Crippen LogP) is 2.84. The molecule has 2 amide bonds. The van der Waals surface area contributed by atoms with Gasteiger partial charge in [0.1, 0.15) is 11.9 Å². The number of carbonyl (C=O) groups is 2. The van der Waals surface area contributed by atoms with Crippen LogP contribution in [0.15, 0.2) is 12.3 Å². The first-order valence-corrected chi connectivity index (χ1v) is 11.8. The van der Waals surface area contributed by atoms with Crippen molar-refractivity contribution in [3.63, 3.8) is 0 Å². The third-order valence-corrected chi connectivity index (χ3v) is 7.90. The van der Waals surface area contributed by atoms with Crippen LogP contribution in [0.5, 0.6) is 0 Å². The van der Waals surface area contributed by atoms with Gasteiger partial charge in [-0.05, 0) is 32.8 Å². The minimum atomic E-state index is -0.302. The molecule has 2 aromatic rings. The van der Waals surface area contributed by atoms with Crippen molar-refractivity contribution in [1.82, 2.24) is 24.8 Å². The number of aryl methyl sites for hydroxylation is 2. The third kappa shape index (κ3) is 4.16. The molecule has 4 rings (SSSR count). The number of thiazole rings is 1. The molecule has 0 aromatic carbocycles. The van der Waals surface area contributed by atoms with Crippen LogP contribution in [-0.2, 0) is 9.59 Å². The van der Waals surface area contributed by atoms with E-state index >= 15 is 0 Å². The maximum Gasteiger partial charge on any atom is 0.246 e. The van der Waals surface area contributed by atoms with Gasteiger partial charge in [0.2, 0.25) is 11.8 Å². The van der Waals surface area contributed by atoms with E-state index in [9.17, 15) is 9.59 Å². The first kappa shape index (κ1) is 20.3. The van der Waals surface area contributed by atoms with Crippen molar-refractivity contribution in [1.29, 1.82) is 0 Å². The van der Waals surface area contributed by atoms with Gasteiger partial charge in [0.05, 0.1) is 27.1 Å². The van der Waals surface area contributed by atoms with Crippen molar-refractivity contribution in [2.45, 2.75) is 45.6 Å². The summed E-state index contributed by atoms with van der Waals surface area (Å²) in [6.45, 7) is 6.90. The molecule has 1 unspecified atom stereocenters. The van der Waals surface area contributed by atoms with E-state index in [1.807, 2.05) is 24.8 Å². The van der Waals surface area contributed by atoms with Gasteiger partial charge in [0.15, 0.2) is 0 Å². The van der Waals surface area contributed by atoms with E-state index in [1.165, 1.54) is 0 Å². The summed E-state index contributed by atoms with van der Waals surface area (Å²) in [5.74, 6) is 2.51. The number of rotatable bonds is 3. The summed E-state index contributed by atoms with van der Waals surface area (Å²) >= 11 is 3.36. The molecular weight excluding hydrogens is 406 g/mol. The topological polar surface area (TPSA) is 79.3 Å². The van der Waals surface area contributed by atoms with E-state index < -0.39 is 0 Å². The average Bonchev–Trinajstić information content (AvgIpc) is 3.34. The number of hydrogen-bond donors (Lipinski definition) is 0.